The first-order valence-electron chi connectivity index (χ1n) is 7.06. The van der Waals surface area contributed by atoms with Gasteiger partial charge in [-0.25, -0.2) is 0 Å². The van der Waals surface area contributed by atoms with Crippen molar-refractivity contribution in [1.29, 1.82) is 0 Å². The molecule has 0 bridgehead atoms. The molecule has 2 rings (SSSR count). The minimum absolute atomic E-state index is 0.195. The molecule has 128 valence electrons. The Balaban J connectivity index is 2.27. The quantitative estimate of drug-likeness (QED) is 0.885. The molecule has 1 amide bonds. The third-order valence-electron chi connectivity index (χ3n) is 3.81. The van der Waals surface area contributed by atoms with Crippen LogP contribution in [0.4, 0.5) is 13.2 Å². The monoisotopic (exact) mass is 333 g/mol. The Morgan fingerprint density at radius 3 is 2.30 bits per heavy atom. The van der Waals surface area contributed by atoms with Gasteiger partial charge in [-0.1, -0.05) is 0 Å². The molecule has 6 nitrogen and oxygen atoms in total. The van der Waals surface area contributed by atoms with E-state index in [1.807, 2.05) is 0 Å². The summed E-state index contributed by atoms with van der Waals surface area (Å²) in [4.78, 5) is 23.1. The Kier molecular flexibility index (Phi) is 3.94. The van der Waals surface area contributed by atoms with Crippen molar-refractivity contribution in [3.63, 3.8) is 0 Å². The Labute approximate surface area is 130 Å². The summed E-state index contributed by atoms with van der Waals surface area (Å²) in [6.07, 6.45) is -3.09. The van der Waals surface area contributed by atoms with Gasteiger partial charge >= 0.3 is 12.1 Å². The van der Waals surface area contributed by atoms with E-state index in [0.717, 1.165) is 10.9 Å². The van der Waals surface area contributed by atoms with Gasteiger partial charge in [0.2, 0.25) is 0 Å². The average molecular weight is 333 g/mol. The molecule has 0 saturated heterocycles. The van der Waals surface area contributed by atoms with Gasteiger partial charge in [0.15, 0.2) is 5.69 Å². The van der Waals surface area contributed by atoms with Gasteiger partial charge in [-0.15, -0.1) is 0 Å². The Bertz CT molecular complexity index is 640. The van der Waals surface area contributed by atoms with Crippen LogP contribution in [0.5, 0.6) is 0 Å². The van der Waals surface area contributed by atoms with E-state index in [1.54, 1.807) is 20.8 Å². The Hall–Kier alpha value is -2.06. The molecule has 1 aromatic rings. The third kappa shape index (κ3) is 3.32. The summed E-state index contributed by atoms with van der Waals surface area (Å²) in [5.41, 5.74) is -3.74. The molecule has 9 heteroatoms. The van der Waals surface area contributed by atoms with E-state index in [9.17, 15) is 22.8 Å². The summed E-state index contributed by atoms with van der Waals surface area (Å²) in [6, 6.07) is 0. The van der Waals surface area contributed by atoms with E-state index in [1.165, 1.54) is 0 Å². The molecule has 2 N–H and O–H groups in total. The number of hydrogen-bond donors (Lipinski definition) is 2. The van der Waals surface area contributed by atoms with Gasteiger partial charge in [-0.2, -0.15) is 18.3 Å². The zero-order valence-corrected chi connectivity index (χ0v) is 13.0. The van der Waals surface area contributed by atoms with Crippen LogP contribution in [-0.2, 0) is 16.5 Å². The van der Waals surface area contributed by atoms with Crippen LogP contribution in [0, 0.1) is 5.41 Å². The zero-order chi connectivity index (χ0) is 17.6. The lowest BCUT2D eigenvalue weighted by Gasteiger charge is -2.24. The number of nitrogens with zero attached hydrogens (tertiary/aromatic N) is 2. The second kappa shape index (κ2) is 5.24. The fourth-order valence-corrected chi connectivity index (χ4v) is 2.26. The van der Waals surface area contributed by atoms with Crippen molar-refractivity contribution in [3.05, 3.63) is 17.5 Å². The number of aromatic nitrogens is 2. The number of amides is 1. The first kappa shape index (κ1) is 17.3. The summed E-state index contributed by atoms with van der Waals surface area (Å²) in [6.45, 7) is 4.43. The molecule has 0 aliphatic heterocycles. The molecule has 1 aliphatic carbocycles. The summed E-state index contributed by atoms with van der Waals surface area (Å²) < 4.78 is 40.7. The second-order valence-electron chi connectivity index (χ2n) is 6.76. The normalized spacial score (nSPS) is 17.0. The number of hydrogen-bond acceptors (Lipinski definition) is 3. The van der Waals surface area contributed by atoms with Crippen LogP contribution < -0.4 is 5.32 Å². The van der Waals surface area contributed by atoms with Crippen LogP contribution in [0.3, 0.4) is 0 Å². The largest absolute Gasteiger partial charge is 0.481 e. The topological polar surface area (TPSA) is 84.2 Å². The minimum atomic E-state index is -4.75. The highest BCUT2D eigenvalue weighted by molar-refractivity contribution is 5.95. The maximum atomic E-state index is 13.3. The SMILES string of the molecule is CC(C)(C)n1ncc(C(=O)NCC2(C(=O)O)CC2)c1C(F)(F)F. The second-order valence-corrected chi connectivity index (χ2v) is 6.76. The number of nitrogens with one attached hydrogen (secondary N) is 1. The molecule has 0 radical (unpaired) electrons. The van der Waals surface area contributed by atoms with Crippen molar-refractivity contribution in [3.8, 4) is 0 Å². The molecule has 0 aromatic carbocycles. The lowest BCUT2D eigenvalue weighted by Crippen LogP contribution is -2.36. The fourth-order valence-electron chi connectivity index (χ4n) is 2.26. The molecule has 1 fully saturated rings. The molecule has 1 aromatic heterocycles. The van der Waals surface area contributed by atoms with Crippen LogP contribution in [-0.4, -0.2) is 33.3 Å². The summed E-state index contributed by atoms with van der Waals surface area (Å²) in [7, 11) is 0. The smallest absolute Gasteiger partial charge is 0.433 e. The van der Waals surface area contributed by atoms with Crippen molar-refractivity contribution >= 4 is 11.9 Å². The minimum Gasteiger partial charge on any atom is -0.481 e. The highest BCUT2D eigenvalue weighted by Crippen LogP contribution is 2.45. The van der Waals surface area contributed by atoms with Gasteiger partial charge in [0, 0.05) is 6.54 Å². The van der Waals surface area contributed by atoms with E-state index in [4.69, 9.17) is 5.11 Å². The van der Waals surface area contributed by atoms with E-state index < -0.39 is 40.3 Å². The maximum absolute atomic E-state index is 13.3. The lowest BCUT2D eigenvalue weighted by molar-refractivity contribution is -0.146. The third-order valence-corrected chi connectivity index (χ3v) is 3.81. The Morgan fingerprint density at radius 1 is 1.35 bits per heavy atom. The van der Waals surface area contributed by atoms with Crippen molar-refractivity contribution in [2.24, 2.45) is 5.41 Å². The van der Waals surface area contributed by atoms with Crippen LogP contribution in [0.1, 0.15) is 49.7 Å². The number of halogens is 3. The standard InChI is InChI=1S/C14H18F3N3O3/c1-12(2,3)20-9(14(15,16)17)8(6-19-20)10(21)18-7-13(4-5-13)11(22)23/h6H,4-5,7H2,1-3H3,(H,18,21)(H,22,23). The summed E-state index contributed by atoms with van der Waals surface area (Å²) in [5, 5.41) is 15.0. The molecule has 1 aliphatic rings. The highest BCUT2D eigenvalue weighted by Gasteiger charge is 2.50. The van der Waals surface area contributed by atoms with Gasteiger partial charge in [0.25, 0.3) is 5.91 Å². The number of carbonyl (C=O) groups is 2. The van der Waals surface area contributed by atoms with Crippen LogP contribution in [0.2, 0.25) is 0 Å². The summed E-state index contributed by atoms with van der Waals surface area (Å²) in [5.74, 6) is -2.03. The number of rotatable bonds is 4. The molecule has 1 saturated carbocycles. The van der Waals surface area contributed by atoms with E-state index >= 15 is 0 Å². The van der Waals surface area contributed by atoms with Gasteiger partial charge in [0.05, 0.1) is 22.7 Å². The van der Waals surface area contributed by atoms with Crippen molar-refractivity contribution < 1.29 is 27.9 Å². The number of alkyl halides is 3. The van der Waals surface area contributed by atoms with Crippen LogP contribution >= 0.6 is 0 Å². The highest BCUT2D eigenvalue weighted by atomic mass is 19.4. The molecule has 0 unspecified atom stereocenters. The van der Waals surface area contributed by atoms with Crippen molar-refractivity contribution in [2.45, 2.75) is 45.3 Å². The summed E-state index contributed by atoms with van der Waals surface area (Å²) >= 11 is 0. The molecular weight excluding hydrogens is 315 g/mol. The number of carboxylic acids is 1. The maximum Gasteiger partial charge on any atom is 0.433 e. The molecule has 23 heavy (non-hydrogen) atoms. The van der Waals surface area contributed by atoms with Crippen LogP contribution in [0.25, 0.3) is 0 Å². The Morgan fingerprint density at radius 2 is 1.91 bits per heavy atom. The molecule has 1 heterocycles. The van der Waals surface area contributed by atoms with E-state index in [2.05, 4.69) is 10.4 Å². The van der Waals surface area contributed by atoms with Gasteiger partial charge in [-0.05, 0) is 33.6 Å². The predicted molar refractivity (Wildman–Crippen MR) is 73.9 cm³/mol. The fraction of sp³-hybridized carbons (Fsp3) is 0.643. The zero-order valence-electron chi connectivity index (χ0n) is 13.0. The lowest BCUT2D eigenvalue weighted by atomic mass is 10.1. The van der Waals surface area contributed by atoms with Crippen molar-refractivity contribution in [2.75, 3.05) is 6.54 Å². The van der Waals surface area contributed by atoms with Crippen molar-refractivity contribution in [1.82, 2.24) is 15.1 Å². The number of carbonyl (C=O) groups excluding carboxylic acids is 1. The van der Waals surface area contributed by atoms with Gasteiger partial charge in [-0.3, -0.25) is 14.3 Å². The molecule has 0 spiro atoms. The number of aliphatic carboxylic acids is 1. The van der Waals surface area contributed by atoms with Crippen LogP contribution in [0.15, 0.2) is 6.20 Å². The van der Waals surface area contributed by atoms with Gasteiger partial charge < -0.3 is 10.4 Å². The van der Waals surface area contributed by atoms with E-state index in [0.29, 0.717) is 12.8 Å². The molecular formula is C14H18F3N3O3. The average Bonchev–Trinajstić information content (AvgIpc) is 3.02. The first-order valence-corrected chi connectivity index (χ1v) is 7.06. The predicted octanol–water partition coefficient (Wildman–Crippen LogP) is 2.25. The van der Waals surface area contributed by atoms with Gasteiger partial charge in [0.1, 0.15) is 0 Å². The number of carboxylic acid groups (broad SMARTS) is 1. The first-order chi connectivity index (χ1) is 10.4. The molecule has 0 atom stereocenters. The van der Waals surface area contributed by atoms with E-state index in [-0.39, 0.29) is 6.54 Å².